The molecule has 1 amide bonds. The van der Waals surface area contributed by atoms with E-state index in [1.165, 1.54) is 17.8 Å². The summed E-state index contributed by atoms with van der Waals surface area (Å²) in [6.07, 6.45) is 0. The molecule has 0 atom stereocenters. The molecule has 0 spiro atoms. The first-order valence-electron chi connectivity index (χ1n) is 7.35. The van der Waals surface area contributed by atoms with Crippen molar-refractivity contribution in [2.24, 2.45) is 0 Å². The average Bonchev–Trinajstić information content (AvgIpc) is 3.07. The summed E-state index contributed by atoms with van der Waals surface area (Å²) >= 11 is 1.36. The number of carbonyl (C=O) groups is 1. The summed E-state index contributed by atoms with van der Waals surface area (Å²) in [4.78, 5) is 11.9. The molecule has 5 nitrogen and oxygen atoms in total. The topological polar surface area (TPSA) is 68.0 Å². The van der Waals surface area contributed by atoms with Gasteiger partial charge in [0.2, 0.25) is 5.89 Å². The first-order chi connectivity index (χ1) is 12.1. The van der Waals surface area contributed by atoms with E-state index in [0.717, 1.165) is 17.7 Å². The fourth-order valence-corrected chi connectivity index (χ4v) is 2.78. The molecule has 2 aromatic carbocycles. The zero-order valence-corrected chi connectivity index (χ0v) is 13.7. The van der Waals surface area contributed by atoms with E-state index in [1.54, 1.807) is 0 Å². The molecule has 0 saturated carbocycles. The van der Waals surface area contributed by atoms with Crippen molar-refractivity contribution < 1.29 is 18.0 Å². The molecule has 3 rings (SSSR count). The monoisotopic (exact) mass is 361 g/mol. The minimum atomic E-state index is -0.929. The Morgan fingerprint density at radius 3 is 2.48 bits per heavy atom. The lowest BCUT2D eigenvalue weighted by atomic mass is 10.2. The minimum absolute atomic E-state index is 0.120. The van der Waals surface area contributed by atoms with E-state index >= 15 is 0 Å². The molecule has 128 valence electrons. The van der Waals surface area contributed by atoms with Gasteiger partial charge in [-0.05, 0) is 17.7 Å². The van der Waals surface area contributed by atoms with Crippen LogP contribution >= 0.6 is 11.8 Å². The van der Waals surface area contributed by atoms with E-state index in [2.05, 4.69) is 15.5 Å². The molecule has 0 bridgehead atoms. The number of nitrogens with one attached hydrogen (secondary N) is 1. The molecular weight excluding hydrogens is 348 g/mol. The van der Waals surface area contributed by atoms with Crippen molar-refractivity contribution in [1.29, 1.82) is 0 Å². The van der Waals surface area contributed by atoms with Crippen LogP contribution in [0.3, 0.4) is 0 Å². The summed E-state index contributed by atoms with van der Waals surface area (Å²) in [7, 11) is 0. The first-order valence-corrected chi connectivity index (χ1v) is 8.33. The number of hydrogen-bond donors (Lipinski definition) is 1. The number of rotatable bonds is 6. The molecule has 0 aliphatic carbocycles. The van der Waals surface area contributed by atoms with Crippen LogP contribution < -0.4 is 5.32 Å². The lowest BCUT2D eigenvalue weighted by Crippen LogP contribution is -2.25. The van der Waals surface area contributed by atoms with Crippen LogP contribution in [-0.4, -0.2) is 16.1 Å². The number of hydrogen-bond acceptors (Lipinski definition) is 5. The van der Waals surface area contributed by atoms with Crippen LogP contribution in [0.4, 0.5) is 8.78 Å². The number of aromatic nitrogens is 2. The van der Waals surface area contributed by atoms with Crippen LogP contribution in [0, 0.1) is 11.6 Å². The third-order valence-electron chi connectivity index (χ3n) is 3.24. The molecule has 0 radical (unpaired) electrons. The fourth-order valence-electron chi connectivity index (χ4n) is 2.05. The summed E-state index contributed by atoms with van der Waals surface area (Å²) in [5.41, 5.74) is 0.469. The Balaban J connectivity index is 1.56. The maximum Gasteiger partial charge on any atom is 0.276 e. The molecule has 1 aromatic heterocycles. The van der Waals surface area contributed by atoms with Crippen LogP contribution in [0.15, 0.2) is 58.2 Å². The SMILES string of the molecule is O=C(NCc1nnc(SCc2ccccc2)o1)c1c(F)cccc1F. The second-order valence-corrected chi connectivity index (χ2v) is 5.94. The molecule has 0 aliphatic heterocycles. The molecule has 0 unspecified atom stereocenters. The van der Waals surface area contributed by atoms with Crippen molar-refractivity contribution in [3.05, 3.63) is 77.2 Å². The number of amides is 1. The fraction of sp³-hybridized carbons (Fsp3) is 0.118. The van der Waals surface area contributed by atoms with Crippen molar-refractivity contribution >= 4 is 17.7 Å². The summed E-state index contributed by atoms with van der Waals surface area (Å²) in [6, 6.07) is 13.0. The van der Waals surface area contributed by atoms with Gasteiger partial charge >= 0.3 is 0 Å². The quantitative estimate of drug-likeness (QED) is 0.680. The summed E-state index contributed by atoms with van der Waals surface area (Å²) in [5, 5.41) is 10.4. The normalized spacial score (nSPS) is 10.6. The van der Waals surface area contributed by atoms with E-state index in [9.17, 15) is 13.6 Å². The third-order valence-corrected chi connectivity index (χ3v) is 4.13. The summed E-state index contributed by atoms with van der Waals surface area (Å²) in [6.45, 7) is -0.120. The highest BCUT2D eigenvalue weighted by Gasteiger charge is 2.17. The number of carbonyl (C=O) groups excluding carboxylic acids is 1. The van der Waals surface area contributed by atoms with Gasteiger partial charge < -0.3 is 9.73 Å². The molecule has 0 saturated heterocycles. The first kappa shape index (κ1) is 17.1. The zero-order valence-electron chi connectivity index (χ0n) is 12.9. The second-order valence-electron chi connectivity index (χ2n) is 5.02. The van der Waals surface area contributed by atoms with Gasteiger partial charge in [-0.3, -0.25) is 4.79 Å². The van der Waals surface area contributed by atoms with Crippen LogP contribution in [0.2, 0.25) is 0 Å². The molecule has 25 heavy (non-hydrogen) atoms. The Hall–Kier alpha value is -2.74. The Bertz CT molecular complexity index is 851. The van der Waals surface area contributed by atoms with Gasteiger partial charge in [0.15, 0.2) is 0 Å². The van der Waals surface area contributed by atoms with Gasteiger partial charge in [-0.25, -0.2) is 8.78 Å². The molecule has 3 aromatic rings. The highest BCUT2D eigenvalue weighted by atomic mass is 32.2. The lowest BCUT2D eigenvalue weighted by Gasteiger charge is -2.04. The predicted molar refractivity (Wildman–Crippen MR) is 87.8 cm³/mol. The van der Waals surface area contributed by atoms with E-state index in [4.69, 9.17) is 4.42 Å². The molecule has 1 N–H and O–H groups in total. The highest BCUT2D eigenvalue weighted by molar-refractivity contribution is 7.98. The number of nitrogens with zero attached hydrogens (tertiary/aromatic N) is 2. The van der Waals surface area contributed by atoms with Gasteiger partial charge in [-0.15, -0.1) is 10.2 Å². The lowest BCUT2D eigenvalue weighted by molar-refractivity contribution is 0.0938. The highest BCUT2D eigenvalue weighted by Crippen LogP contribution is 2.21. The van der Waals surface area contributed by atoms with Gasteiger partial charge in [-0.1, -0.05) is 48.2 Å². The molecular formula is C17H13F2N3O2S. The standard InChI is InChI=1S/C17H13F2N3O2S/c18-12-7-4-8-13(19)15(12)16(23)20-9-14-21-22-17(24-14)25-10-11-5-2-1-3-6-11/h1-8H,9-10H2,(H,20,23). The molecule has 1 heterocycles. The van der Waals surface area contributed by atoms with Crippen molar-refractivity contribution in [3.8, 4) is 0 Å². The minimum Gasteiger partial charge on any atom is -0.414 e. The summed E-state index contributed by atoms with van der Waals surface area (Å²) in [5.74, 6) is -1.92. The summed E-state index contributed by atoms with van der Waals surface area (Å²) < 4.78 is 32.5. The van der Waals surface area contributed by atoms with Gasteiger partial charge in [-0.2, -0.15) is 0 Å². The van der Waals surface area contributed by atoms with Crippen molar-refractivity contribution in [2.75, 3.05) is 0 Å². The maximum atomic E-state index is 13.5. The Morgan fingerprint density at radius 2 is 1.76 bits per heavy atom. The number of benzene rings is 2. The molecule has 8 heteroatoms. The van der Waals surface area contributed by atoms with Crippen molar-refractivity contribution in [3.63, 3.8) is 0 Å². The Labute approximate surface area is 146 Å². The van der Waals surface area contributed by atoms with E-state index in [1.807, 2.05) is 30.3 Å². The van der Waals surface area contributed by atoms with Gasteiger partial charge in [0.1, 0.15) is 17.2 Å². The average molecular weight is 361 g/mol. The second kappa shape index (κ2) is 7.89. The van der Waals surface area contributed by atoms with Crippen LogP contribution in [-0.2, 0) is 12.3 Å². The maximum absolute atomic E-state index is 13.5. The van der Waals surface area contributed by atoms with Crippen LogP contribution in [0.1, 0.15) is 21.8 Å². The number of halogens is 2. The van der Waals surface area contributed by atoms with Crippen LogP contribution in [0.5, 0.6) is 0 Å². The van der Waals surface area contributed by atoms with E-state index < -0.39 is 23.1 Å². The zero-order chi connectivity index (χ0) is 17.6. The van der Waals surface area contributed by atoms with E-state index in [-0.39, 0.29) is 12.4 Å². The van der Waals surface area contributed by atoms with Crippen molar-refractivity contribution in [1.82, 2.24) is 15.5 Å². The third kappa shape index (κ3) is 4.42. The number of thioether (sulfide) groups is 1. The van der Waals surface area contributed by atoms with Gasteiger partial charge in [0.25, 0.3) is 11.1 Å². The Morgan fingerprint density at radius 1 is 1.04 bits per heavy atom. The molecule has 0 aliphatic rings. The van der Waals surface area contributed by atoms with Crippen molar-refractivity contribution in [2.45, 2.75) is 17.5 Å². The molecule has 0 fully saturated rings. The largest absolute Gasteiger partial charge is 0.414 e. The predicted octanol–water partition coefficient (Wildman–Crippen LogP) is 3.57. The van der Waals surface area contributed by atoms with Gasteiger partial charge in [0, 0.05) is 5.75 Å². The van der Waals surface area contributed by atoms with Gasteiger partial charge in [0.05, 0.1) is 6.54 Å². The van der Waals surface area contributed by atoms with Crippen LogP contribution in [0.25, 0.3) is 0 Å². The Kier molecular flexibility index (Phi) is 5.39. The van der Waals surface area contributed by atoms with E-state index in [0.29, 0.717) is 11.0 Å². The smallest absolute Gasteiger partial charge is 0.276 e.